The van der Waals surface area contributed by atoms with Crippen LogP contribution in [-0.4, -0.2) is 12.2 Å². The summed E-state index contributed by atoms with van der Waals surface area (Å²) in [6.45, 7) is 6.54. The number of phenols is 1. The third-order valence-corrected chi connectivity index (χ3v) is 6.26. The highest BCUT2D eigenvalue weighted by Crippen LogP contribution is 2.43. The second-order valence-corrected chi connectivity index (χ2v) is 8.27. The molecule has 0 radical (unpaired) electrons. The Morgan fingerprint density at radius 1 is 0.933 bits per heavy atom. The molecular weight excluding hydrogens is 368 g/mol. The zero-order valence-electron chi connectivity index (χ0n) is 18.4. The first-order valence-corrected chi connectivity index (χ1v) is 10.8. The van der Waals surface area contributed by atoms with E-state index in [0.29, 0.717) is 5.75 Å². The minimum absolute atomic E-state index is 0.375. The predicted octanol–water partition coefficient (Wildman–Crippen LogP) is 7.12. The number of unbranched alkanes of at least 4 members (excludes halogenated alkanes) is 1. The number of aromatic hydroxyl groups is 1. The molecule has 2 nitrogen and oxygen atoms in total. The molecule has 3 aromatic carbocycles. The summed E-state index contributed by atoms with van der Waals surface area (Å²) in [5, 5.41) is 11.1. The Bertz CT molecular complexity index is 1120. The van der Waals surface area contributed by atoms with Gasteiger partial charge in [-0.2, -0.15) is 0 Å². The van der Waals surface area contributed by atoms with Gasteiger partial charge in [0.15, 0.2) is 0 Å². The summed E-state index contributed by atoms with van der Waals surface area (Å²) < 4.78 is 5.57. The van der Waals surface area contributed by atoms with Crippen molar-refractivity contribution in [3.05, 3.63) is 81.9 Å². The van der Waals surface area contributed by atoms with E-state index in [9.17, 15) is 5.11 Å². The minimum atomic E-state index is 0.375. The van der Waals surface area contributed by atoms with E-state index in [1.54, 1.807) is 7.11 Å². The Morgan fingerprint density at radius 3 is 2.37 bits per heavy atom. The van der Waals surface area contributed by atoms with Crippen molar-refractivity contribution in [1.29, 1.82) is 0 Å². The lowest BCUT2D eigenvalue weighted by molar-refractivity contribution is 0.411. The number of benzene rings is 3. The maximum absolute atomic E-state index is 11.1. The number of rotatable bonds is 6. The van der Waals surface area contributed by atoms with E-state index < -0.39 is 0 Å². The number of allylic oxidation sites excluding steroid dienone is 1. The Labute approximate surface area is 179 Å². The van der Waals surface area contributed by atoms with Gasteiger partial charge in [-0.05, 0) is 89.8 Å². The van der Waals surface area contributed by atoms with Crippen LogP contribution in [0.25, 0.3) is 22.8 Å². The smallest absolute Gasteiger partial charge is 0.126 e. The van der Waals surface area contributed by atoms with Crippen LogP contribution in [0, 0.1) is 13.8 Å². The fraction of sp³-hybridized carbons (Fsp3) is 0.286. The van der Waals surface area contributed by atoms with E-state index in [-0.39, 0.29) is 0 Å². The fourth-order valence-electron chi connectivity index (χ4n) is 4.46. The van der Waals surface area contributed by atoms with E-state index in [1.807, 2.05) is 18.2 Å². The first kappa shape index (κ1) is 20.3. The average molecular weight is 399 g/mol. The van der Waals surface area contributed by atoms with Crippen molar-refractivity contribution >= 4 is 11.6 Å². The standard InChI is InChI=1S/C28H30O2/c1-5-6-9-20-14-22(30-4)17-27(28(20)29)24-11-8-7-10-23(24)21-15-25-18(2)12-13-19(3)26(25)16-21/h7-8,10-15,17,29H,5-6,9,16H2,1-4H3. The molecule has 0 bridgehead atoms. The van der Waals surface area contributed by atoms with E-state index in [0.717, 1.165) is 48.1 Å². The number of methoxy groups -OCH3 is 1. The van der Waals surface area contributed by atoms with Crippen LogP contribution in [0.1, 0.15) is 53.1 Å². The van der Waals surface area contributed by atoms with Crippen molar-refractivity contribution in [3.63, 3.8) is 0 Å². The van der Waals surface area contributed by atoms with Crippen LogP contribution >= 0.6 is 0 Å². The molecule has 0 amide bonds. The molecule has 0 spiro atoms. The van der Waals surface area contributed by atoms with Crippen molar-refractivity contribution in [1.82, 2.24) is 0 Å². The topological polar surface area (TPSA) is 29.5 Å². The zero-order chi connectivity index (χ0) is 21.3. The third-order valence-electron chi connectivity index (χ3n) is 6.26. The van der Waals surface area contributed by atoms with Gasteiger partial charge >= 0.3 is 0 Å². The van der Waals surface area contributed by atoms with Gasteiger partial charge in [0.25, 0.3) is 0 Å². The molecule has 1 aliphatic rings. The van der Waals surface area contributed by atoms with Crippen LogP contribution in [0.5, 0.6) is 11.5 Å². The molecule has 0 unspecified atom stereocenters. The summed E-state index contributed by atoms with van der Waals surface area (Å²) in [4.78, 5) is 0. The summed E-state index contributed by atoms with van der Waals surface area (Å²) in [5.74, 6) is 1.17. The van der Waals surface area contributed by atoms with Gasteiger partial charge in [-0.3, -0.25) is 0 Å². The van der Waals surface area contributed by atoms with E-state index >= 15 is 0 Å². The predicted molar refractivity (Wildman–Crippen MR) is 126 cm³/mol. The highest BCUT2D eigenvalue weighted by atomic mass is 16.5. The molecule has 1 aliphatic carbocycles. The molecule has 4 rings (SSSR count). The molecular formula is C28H30O2. The number of hydrogen-bond donors (Lipinski definition) is 1. The van der Waals surface area contributed by atoms with Crippen molar-refractivity contribution < 1.29 is 9.84 Å². The molecule has 0 heterocycles. The molecule has 1 N–H and O–H groups in total. The normalized spacial score (nSPS) is 12.6. The number of phenolic OH excluding ortho intramolecular Hbond substituents is 1. The SMILES string of the molecule is CCCCc1cc(OC)cc(-c2ccccc2C2=Cc3c(C)ccc(C)c3C2)c1O. The lowest BCUT2D eigenvalue weighted by Gasteiger charge is -2.16. The van der Waals surface area contributed by atoms with Crippen molar-refractivity contribution in [2.24, 2.45) is 0 Å². The van der Waals surface area contributed by atoms with Gasteiger partial charge in [0, 0.05) is 5.56 Å². The highest BCUT2D eigenvalue weighted by Gasteiger charge is 2.21. The Morgan fingerprint density at radius 2 is 1.67 bits per heavy atom. The van der Waals surface area contributed by atoms with Gasteiger partial charge in [-0.25, -0.2) is 0 Å². The van der Waals surface area contributed by atoms with Gasteiger partial charge < -0.3 is 9.84 Å². The number of hydrogen-bond acceptors (Lipinski definition) is 2. The molecule has 0 saturated carbocycles. The van der Waals surface area contributed by atoms with Crippen LogP contribution < -0.4 is 4.74 Å². The quantitative estimate of drug-likeness (QED) is 0.479. The fourth-order valence-corrected chi connectivity index (χ4v) is 4.46. The summed E-state index contributed by atoms with van der Waals surface area (Å²) in [5.41, 5.74) is 10.8. The summed E-state index contributed by atoms with van der Waals surface area (Å²) >= 11 is 0. The van der Waals surface area contributed by atoms with Crippen LogP contribution in [0.4, 0.5) is 0 Å². The molecule has 0 aromatic heterocycles. The number of fused-ring (bicyclic) bond motifs is 1. The number of ether oxygens (including phenoxy) is 1. The van der Waals surface area contributed by atoms with Crippen molar-refractivity contribution in [2.45, 2.75) is 46.5 Å². The Hall–Kier alpha value is -3.00. The highest BCUT2D eigenvalue weighted by molar-refractivity contribution is 5.95. The van der Waals surface area contributed by atoms with E-state index in [1.165, 1.54) is 33.4 Å². The summed E-state index contributed by atoms with van der Waals surface area (Å²) in [6.07, 6.45) is 6.23. The van der Waals surface area contributed by atoms with Gasteiger partial charge in [-0.1, -0.05) is 55.8 Å². The summed E-state index contributed by atoms with van der Waals surface area (Å²) in [6, 6.07) is 16.7. The molecule has 0 saturated heterocycles. The van der Waals surface area contributed by atoms with Crippen molar-refractivity contribution in [3.8, 4) is 22.6 Å². The maximum atomic E-state index is 11.1. The first-order valence-electron chi connectivity index (χ1n) is 10.8. The van der Waals surface area contributed by atoms with E-state index in [2.05, 4.69) is 57.2 Å². The van der Waals surface area contributed by atoms with Gasteiger partial charge in [0.05, 0.1) is 7.11 Å². The lowest BCUT2D eigenvalue weighted by Crippen LogP contribution is -1.96. The van der Waals surface area contributed by atoms with Gasteiger partial charge in [0.2, 0.25) is 0 Å². The van der Waals surface area contributed by atoms with Crippen LogP contribution in [0.3, 0.4) is 0 Å². The minimum Gasteiger partial charge on any atom is -0.507 e. The Kier molecular flexibility index (Phi) is 5.67. The van der Waals surface area contributed by atoms with Crippen LogP contribution in [0.2, 0.25) is 0 Å². The van der Waals surface area contributed by atoms with E-state index in [4.69, 9.17) is 4.74 Å². The molecule has 30 heavy (non-hydrogen) atoms. The first-order chi connectivity index (χ1) is 14.5. The molecule has 0 fully saturated rings. The van der Waals surface area contributed by atoms with Crippen molar-refractivity contribution in [2.75, 3.05) is 7.11 Å². The second kappa shape index (κ2) is 8.39. The molecule has 154 valence electrons. The average Bonchev–Trinajstić information content (AvgIpc) is 3.22. The van der Waals surface area contributed by atoms with Crippen LogP contribution in [0.15, 0.2) is 48.5 Å². The van der Waals surface area contributed by atoms with Gasteiger partial charge in [0.1, 0.15) is 11.5 Å². The number of aryl methyl sites for hydroxylation is 3. The lowest BCUT2D eigenvalue weighted by atomic mass is 9.90. The van der Waals surface area contributed by atoms with Gasteiger partial charge in [-0.15, -0.1) is 0 Å². The largest absolute Gasteiger partial charge is 0.507 e. The Balaban J connectivity index is 1.84. The monoisotopic (exact) mass is 398 g/mol. The maximum Gasteiger partial charge on any atom is 0.126 e. The molecule has 2 heteroatoms. The zero-order valence-corrected chi connectivity index (χ0v) is 18.4. The second-order valence-electron chi connectivity index (χ2n) is 8.27. The van der Waals surface area contributed by atoms with Crippen LogP contribution in [-0.2, 0) is 12.8 Å². The third kappa shape index (κ3) is 3.63. The molecule has 3 aromatic rings. The molecule has 0 aliphatic heterocycles. The molecule has 0 atom stereocenters. The summed E-state index contributed by atoms with van der Waals surface area (Å²) in [7, 11) is 1.69.